The van der Waals surface area contributed by atoms with E-state index in [1.54, 1.807) is 6.26 Å². The molecule has 9 nitrogen and oxygen atoms in total. The van der Waals surface area contributed by atoms with E-state index in [2.05, 4.69) is 42.4 Å². The highest BCUT2D eigenvalue weighted by molar-refractivity contribution is 5.79. The Morgan fingerprint density at radius 1 is 1.08 bits per heavy atom. The average Bonchev–Trinajstić information content (AvgIpc) is 3.59. The lowest BCUT2D eigenvalue weighted by Gasteiger charge is -2.38. The Hall–Kier alpha value is -3.30. The summed E-state index contributed by atoms with van der Waals surface area (Å²) in [5, 5.41) is 14.1. The number of pyridine rings is 1. The van der Waals surface area contributed by atoms with Gasteiger partial charge in [0.25, 0.3) is 5.56 Å². The van der Waals surface area contributed by atoms with Gasteiger partial charge < -0.3 is 9.40 Å². The summed E-state index contributed by atoms with van der Waals surface area (Å²) >= 11 is 0. The molecule has 1 atom stereocenters. The lowest BCUT2D eigenvalue weighted by atomic mass is 9.95. The first kappa shape index (κ1) is 23.1. The van der Waals surface area contributed by atoms with Crippen LogP contribution in [0.4, 0.5) is 0 Å². The number of nitrogens with one attached hydrogen (secondary N) is 1. The largest absolute Gasteiger partial charge is 0.468 e. The van der Waals surface area contributed by atoms with Gasteiger partial charge in [-0.05, 0) is 65.4 Å². The first-order valence-corrected chi connectivity index (χ1v) is 13.1. The maximum absolute atomic E-state index is 13.5. The highest BCUT2D eigenvalue weighted by Crippen LogP contribution is 2.33. The monoisotopic (exact) mass is 487 g/mol. The van der Waals surface area contributed by atoms with Crippen molar-refractivity contribution in [1.82, 2.24) is 35.0 Å². The summed E-state index contributed by atoms with van der Waals surface area (Å²) in [6.45, 7) is 6.22. The second-order valence-corrected chi connectivity index (χ2v) is 10.2. The van der Waals surface area contributed by atoms with E-state index in [-0.39, 0.29) is 17.6 Å². The van der Waals surface area contributed by atoms with Gasteiger partial charge in [0.1, 0.15) is 11.8 Å². The van der Waals surface area contributed by atoms with E-state index >= 15 is 0 Å². The van der Waals surface area contributed by atoms with E-state index in [0.717, 1.165) is 73.6 Å². The number of piperazine rings is 1. The second-order valence-electron chi connectivity index (χ2n) is 10.2. The zero-order chi connectivity index (χ0) is 24.5. The van der Waals surface area contributed by atoms with E-state index in [9.17, 15) is 4.79 Å². The minimum Gasteiger partial charge on any atom is -0.468 e. The molecule has 4 heterocycles. The highest BCUT2D eigenvalue weighted by Gasteiger charge is 2.34. The Morgan fingerprint density at radius 3 is 2.69 bits per heavy atom. The van der Waals surface area contributed by atoms with E-state index < -0.39 is 0 Å². The maximum atomic E-state index is 13.5. The number of H-pyrrole nitrogens is 1. The Labute approximate surface area is 210 Å². The number of benzene rings is 1. The van der Waals surface area contributed by atoms with Gasteiger partial charge in [-0.15, -0.1) is 5.10 Å². The topological polar surface area (TPSA) is 96.1 Å². The molecule has 1 aromatic carbocycles. The number of hydrogen-bond acceptors (Lipinski definition) is 7. The number of aromatic amines is 1. The fourth-order valence-corrected chi connectivity index (χ4v) is 5.80. The Balaban J connectivity index is 1.36. The Kier molecular flexibility index (Phi) is 6.41. The van der Waals surface area contributed by atoms with E-state index in [1.807, 2.05) is 35.9 Å². The standard InChI is InChI=1S/C27H33N7O2/c1-19-9-10-20-17-23(27(35)28-24(20)16-19)25(26-29-30-31-34(26)21-6-3-2-4-7-21)33-13-11-32(12-14-33)18-22-8-5-15-36-22/h5,8-10,15-17,21,25H,2-4,6-7,11-14,18H2,1H3,(H,28,35). The van der Waals surface area contributed by atoms with Crippen LogP contribution in [0.1, 0.15) is 66.9 Å². The van der Waals surface area contributed by atoms with Crippen LogP contribution in [0.3, 0.4) is 0 Å². The molecule has 1 N–H and O–H groups in total. The van der Waals surface area contributed by atoms with Crippen LogP contribution >= 0.6 is 0 Å². The van der Waals surface area contributed by atoms with Gasteiger partial charge in [0.2, 0.25) is 0 Å². The molecule has 9 heteroatoms. The third-order valence-corrected chi connectivity index (χ3v) is 7.74. The summed E-state index contributed by atoms with van der Waals surface area (Å²) in [5.41, 5.74) is 2.61. The minimum absolute atomic E-state index is 0.0747. The molecule has 0 amide bonds. The molecule has 188 valence electrons. The van der Waals surface area contributed by atoms with Crippen molar-refractivity contribution in [2.75, 3.05) is 26.2 Å². The van der Waals surface area contributed by atoms with Crippen molar-refractivity contribution in [3.8, 4) is 0 Å². The zero-order valence-electron chi connectivity index (χ0n) is 20.8. The summed E-state index contributed by atoms with van der Waals surface area (Å²) in [6.07, 6.45) is 7.52. The molecular weight excluding hydrogens is 454 g/mol. The third-order valence-electron chi connectivity index (χ3n) is 7.74. The van der Waals surface area contributed by atoms with Crippen molar-refractivity contribution in [3.63, 3.8) is 0 Å². The van der Waals surface area contributed by atoms with E-state index in [4.69, 9.17) is 4.42 Å². The fourth-order valence-electron chi connectivity index (χ4n) is 5.80. The van der Waals surface area contributed by atoms with Crippen LogP contribution in [0.5, 0.6) is 0 Å². The van der Waals surface area contributed by atoms with Crippen molar-refractivity contribution in [2.24, 2.45) is 0 Å². The van der Waals surface area contributed by atoms with E-state index in [0.29, 0.717) is 5.56 Å². The van der Waals surface area contributed by atoms with Gasteiger partial charge in [-0.3, -0.25) is 14.6 Å². The van der Waals surface area contributed by atoms with Gasteiger partial charge in [0.15, 0.2) is 5.82 Å². The van der Waals surface area contributed by atoms with Crippen LogP contribution in [0.2, 0.25) is 0 Å². The van der Waals surface area contributed by atoms with E-state index in [1.165, 1.54) is 19.3 Å². The molecule has 0 spiro atoms. The van der Waals surface area contributed by atoms with Gasteiger partial charge in [-0.1, -0.05) is 31.4 Å². The van der Waals surface area contributed by atoms with Crippen molar-refractivity contribution in [2.45, 2.75) is 57.7 Å². The van der Waals surface area contributed by atoms with Crippen molar-refractivity contribution < 1.29 is 4.42 Å². The molecule has 1 unspecified atom stereocenters. The summed E-state index contributed by atoms with van der Waals surface area (Å²) < 4.78 is 7.57. The molecule has 4 aromatic rings. The highest BCUT2D eigenvalue weighted by atomic mass is 16.3. The summed E-state index contributed by atoms with van der Waals surface area (Å²) in [6, 6.07) is 12.1. The smallest absolute Gasteiger partial charge is 0.253 e. The molecule has 1 aliphatic heterocycles. The number of aryl methyl sites for hydroxylation is 1. The molecular formula is C27H33N7O2. The lowest BCUT2D eigenvalue weighted by Crippen LogP contribution is -2.48. The molecule has 1 aliphatic carbocycles. The molecule has 2 fully saturated rings. The lowest BCUT2D eigenvalue weighted by molar-refractivity contribution is 0.0937. The Bertz CT molecular complexity index is 1360. The van der Waals surface area contributed by atoms with Gasteiger partial charge >= 0.3 is 0 Å². The molecule has 6 rings (SSSR count). The van der Waals surface area contributed by atoms with Crippen LogP contribution < -0.4 is 5.56 Å². The molecule has 1 saturated heterocycles. The summed E-state index contributed by atoms with van der Waals surface area (Å²) in [4.78, 5) is 21.4. The van der Waals surface area contributed by atoms with Crippen LogP contribution in [0.15, 0.2) is 51.9 Å². The third kappa shape index (κ3) is 4.60. The van der Waals surface area contributed by atoms with Gasteiger partial charge in [0.05, 0.1) is 18.8 Å². The van der Waals surface area contributed by atoms with Crippen molar-refractivity contribution >= 4 is 10.9 Å². The summed E-state index contributed by atoms with van der Waals surface area (Å²) in [5.74, 6) is 1.75. The quantitative estimate of drug-likeness (QED) is 0.442. The first-order chi connectivity index (χ1) is 17.7. The number of rotatable bonds is 6. The SMILES string of the molecule is Cc1ccc2cc(C(c3nnnn3C3CCCCC3)N3CCN(Cc4ccco4)CC3)c(=O)[nH]c2c1. The van der Waals surface area contributed by atoms with Crippen molar-refractivity contribution in [1.29, 1.82) is 0 Å². The number of tetrazole rings is 1. The summed E-state index contributed by atoms with van der Waals surface area (Å²) in [7, 11) is 0. The average molecular weight is 488 g/mol. The van der Waals surface area contributed by atoms with Crippen LogP contribution in [-0.4, -0.2) is 61.2 Å². The molecule has 2 aliphatic rings. The van der Waals surface area contributed by atoms with Gasteiger partial charge in [-0.2, -0.15) is 0 Å². The van der Waals surface area contributed by atoms with Crippen LogP contribution in [0.25, 0.3) is 10.9 Å². The predicted octanol–water partition coefficient (Wildman–Crippen LogP) is 3.83. The van der Waals surface area contributed by atoms with Crippen LogP contribution in [-0.2, 0) is 6.54 Å². The normalized spacial score (nSPS) is 19.1. The number of furan rings is 1. The Morgan fingerprint density at radius 2 is 1.92 bits per heavy atom. The molecule has 36 heavy (non-hydrogen) atoms. The van der Waals surface area contributed by atoms with Crippen molar-refractivity contribution in [3.05, 3.63) is 75.7 Å². The fraction of sp³-hybridized carbons (Fsp3) is 0.481. The van der Waals surface area contributed by atoms with Crippen LogP contribution in [0, 0.1) is 6.92 Å². The van der Waals surface area contributed by atoms with Gasteiger partial charge in [0, 0.05) is 37.3 Å². The first-order valence-electron chi connectivity index (χ1n) is 13.1. The number of aromatic nitrogens is 5. The number of fused-ring (bicyclic) bond motifs is 1. The minimum atomic E-state index is -0.304. The number of nitrogens with zero attached hydrogens (tertiary/aromatic N) is 6. The maximum Gasteiger partial charge on any atom is 0.253 e. The van der Waals surface area contributed by atoms with Gasteiger partial charge in [-0.25, -0.2) is 4.68 Å². The molecule has 3 aromatic heterocycles. The molecule has 1 saturated carbocycles. The molecule has 0 radical (unpaired) electrons. The number of hydrogen-bond donors (Lipinski definition) is 1. The molecule has 0 bridgehead atoms. The predicted molar refractivity (Wildman–Crippen MR) is 137 cm³/mol. The zero-order valence-corrected chi connectivity index (χ0v) is 20.8. The second kappa shape index (κ2) is 9.99.